The summed E-state index contributed by atoms with van der Waals surface area (Å²) in [5, 5.41) is 20.6. The third-order valence-corrected chi connectivity index (χ3v) is 4.73. The third kappa shape index (κ3) is 4.27. The highest BCUT2D eigenvalue weighted by Crippen LogP contribution is 2.23. The van der Waals surface area contributed by atoms with Gasteiger partial charge in [0, 0.05) is 11.3 Å². The van der Waals surface area contributed by atoms with Gasteiger partial charge in [-0.3, -0.25) is 4.79 Å². The Balaban J connectivity index is 1.77. The molecule has 1 aromatic heterocycles. The molecule has 0 unspecified atom stereocenters. The number of carbonyl (C=O) groups excluding carboxylic acids is 1. The van der Waals surface area contributed by atoms with Crippen molar-refractivity contribution in [3.8, 4) is 0 Å². The van der Waals surface area contributed by atoms with Gasteiger partial charge in [-0.1, -0.05) is 34.5 Å². The van der Waals surface area contributed by atoms with Gasteiger partial charge in [-0.05, 0) is 42.8 Å². The Kier molecular flexibility index (Phi) is 5.74. The van der Waals surface area contributed by atoms with Crippen molar-refractivity contribution in [2.24, 2.45) is 0 Å². The van der Waals surface area contributed by atoms with Crippen molar-refractivity contribution in [2.45, 2.75) is 20.1 Å². The van der Waals surface area contributed by atoms with Crippen LogP contribution in [0, 0.1) is 12.7 Å². The van der Waals surface area contributed by atoms with Gasteiger partial charge < -0.3 is 10.4 Å². The molecule has 9 heteroatoms. The van der Waals surface area contributed by atoms with Gasteiger partial charge in [-0.15, -0.1) is 5.10 Å². The number of aromatic nitrogens is 3. The second kappa shape index (κ2) is 8.04. The highest BCUT2D eigenvalue weighted by atomic mass is 35.5. The molecule has 3 rings (SSSR count). The van der Waals surface area contributed by atoms with Crippen LogP contribution in [0.2, 0.25) is 10.0 Å². The second-order valence-electron chi connectivity index (χ2n) is 5.85. The molecule has 0 saturated heterocycles. The van der Waals surface area contributed by atoms with E-state index in [4.69, 9.17) is 28.3 Å². The van der Waals surface area contributed by atoms with Gasteiger partial charge in [0.15, 0.2) is 5.69 Å². The average Bonchev–Trinajstić information content (AvgIpc) is 3.00. The highest BCUT2D eigenvalue weighted by molar-refractivity contribution is 6.42. The van der Waals surface area contributed by atoms with Crippen LogP contribution < -0.4 is 5.32 Å². The number of hydrogen-bond donors (Lipinski definition) is 2. The Morgan fingerprint density at radius 1 is 1.22 bits per heavy atom. The predicted octanol–water partition coefficient (Wildman–Crippen LogP) is 3.83. The molecule has 0 atom stereocenters. The molecule has 0 fully saturated rings. The number of amides is 1. The smallest absolute Gasteiger partial charge is 0.278 e. The minimum absolute atomic E-state index is 0.0905. The van der Waals surface area contributed by atoms with Gasteiger partial charge in [0.1, 0.15) is 5.82 Å². The van der Waals surface area contributed by atoms with Gasteiger partial charge in [-0.25, -0.2) is 9.07 Å². The van der Waals surface area contributed by atoms with Crippen LogP contribution in [0.4, 0.5) is 10.1 Å². The van der Waals surface area contributed by atoms with Crippen molar-refractivity contribution >= 4 is 34.8 Å². The molecule has 1 heterocycles. The summed E-state index contributed by atoms with van der Waals surface area (Å²) in [6, 6.07) is 9.16. The fourth-order valence-electron chi connectivity index (χ4n) is 2.50. The first kappa shape index (κ1) is 19.3. The lowest BCUT2D eigenvalue weighted by Gasteiger charge is -2.07. The summed E-state index contributed by atoms with van der Waals surface area (Å²) in [6.45, 7) is 1.62. The van der Waals surface area contributed by atoms with Crippen LogP contribution in [0.1, 0.15) is 27.3 Å². The summed E-state index contributed by atoms with van der Waals surface area (Å²) in [5.74, 6) is -1.03. The Morgan fingerprint density at radius 3 is 2.70 bits per heavy atom. The van der Waals surface area contributed by atoms with Crippen LogP contribution in [-0.4, -0.2) is 26.0 Å². The molecule has 2 aromatic carbocycles. The summed E-state index contributed by atoms with van der Waals surface area (Å²) in [6.07, 6.45) is 0. The van der Waals surface area contributed by atoms with E-state index in [2.05, 4.69) is 15.6 Å². The zero-order chi connectivity index (χ0) is 19.6. The van der Waals surface area contributed by atoms with Crippen LogP contribution in [0.25, 0.3) is 0 Å². The minimum Gasteiger partial charge on any atom is -0.392 e. The van der Waals surface area contributed by atoms with Gasteiger partial charge in [0.2, 0.25) is 0 Å². The third-order valence-electron chi connectivity index (χ3n) is 3.99. The van der Waals surface area contributed by atoms with E-state index in [-0.39, 0.29) is 11.3 Å². The van der Waals surface area contributed by atoms with Crippen molar-refractivity contribution < 1.29 is 14.3 Å². The largest absolute Gasteiger partial charge is 0.392 e. The van der Waals surface area contributed by atoms with E-state index in [1.807, 2.05) is 6.07 Å². The van der Waals surface area contributed by atoms with Crippen LogP contribution in [0.15, 0.2) is 36.4 Å². The summed E-state index contributed by atoms with van der Waals surface area (Å²) in [5.41, 5.74) is 2.00. The zero-order valence-corrected chi connectivity index (χ0v) is 15.7. The molecule has 0 aliphatic rings. The monoisotopic (exact) mass is 408 g/mol. The first-order valence-corrected chi connectivity index (χ1v) is 8.69. The van der Waals surface area contributed by atoms with Crippen LogP contribution in [0.5, 0.6) is 0 Å². The molecular formula is C18H15Cl2FN4O2. The first-order valence-electron chi connectivity index (χ1n) is 7.93. The lowest BCUT2D eigenvalue weighted by atomic mass is 10.2. The van der Waals surface area contributed by atoms with Crippen molar-refractivity contribution in [2.75, 3.05) is 5.32 Å². The molecule has 2 N–H and O–H groups in total. The number of anilines is 1. The summed E-state index contributed by atoms with van der Waals surface area (Å²) < 4.78 is 15.0. The van der Waals surface area contributed by atoms with E-state index >= 15 is 0 Å². The molecule has 0 spiro atoms. The summed E-state index contributed by atoms with van der Waals surface area (Å²) >= 11 is 11.9. The van der Waals surface area contributed by atoms with Crippen LogP contribution in [-0.2, 0) is 13.2 Å². The molecule has 0 bridgehead atoms. The topological polar surface area (TPSA) is 80.0 Å². The molecule has 0 aliphatic carbocycles. The maximum absolute atomic E-state index is 13.4. The highest BCUT2D eigenvalue weighted by Gasteiger charge is 2.17. The number of aliphatic hydroxyl groups excluding tert-OH is 1. The summed E-state index contributed by atoms with van der Waals surface area (Å²) in [7, 11) is 0. The molecule has 0 aliphatic heterocycles. The van der Waals surface area contributed by atoms with Gasteiger partial charge in [-0.2, -0.15) is 0 Å². The summed E-state index contributed by atoms with van der Waals surface area (Å²) in [4.78, 5) is 12.5. The van der Waals surface area contributed by atoms with Gasteiger partial charge in [0.05, 0.1) is 28.9 Å². The van der Waals surface area contributed by atoms with E-state index in [0.717, 1.165) is 5.56 Å². The first-order chi connectivity index (χ1) is 12.9. The molecule has 3 aromatic rings. The molecule has 1 amide bonds. The Morgan fingerprint density at radius 2 is 2.00 bits per heavy atom. The number of rotatable bonds is 5. The minimum atomic E-state index is -0.542. The molecule has 0 saturated carbocycles. The Labute approximate surface area is 164 Å². The SMILES string of the molecule is Cc1c(C(=O)Nc2ccc(F)c(CO)c2)nnn1Cc1ccc(Cl)c(Cl)c1. The lowest BCUT2D eigenvalue weighted by Crippen LogP contribution is -2.15. The molecular weight excluding hydrogens is 394 g/mol. The van der Waals surface area contributed by atoms with Crippen LogP contribution in [0.3, 0.4) is 0 Å². The van der Waals surface area contributed by atoms with Crippen molar-refractivity contribution in [3.63, 3.8) is 0 Å². The number of aliphatic hydroxyl groups is 1. The van der Waals surface area contributed by atoms with Crippen LogP contribution >= 0.6 is 23.2 Å². The number of benzene rings is 2. The van der Waals surface area contributed by atoms with E-state index in [1.54, 1.807) is 23.7 Å². The maximum atomic E-state index is 13.4. The number of hydrogen-bond acceptors (Lipinski definition) is 4. The standard InChI is InChI=1S/C18H15Cl2FN4O2/c1-10-17(18(27)22-13-3-5-16(21)12(7-13)9-26)23-24-25(10)8-11-2-4-14(19)15(20)6-11/h2-7,26H,8-9H2,1H3,(H,22,27). The number of halogens is 3. The quantitative estimate of drug-likeness (QED) is 0.672. The van der Waals surface area contributed by atoms with Crippen molar-refractivity contribution in [1.29, 1.82) is 0 Å². The maximum Gasteiger partial charge on any atom is 0.278 e. The molecule has 0 radical (unpaired) electrons. The normalized spacial score (nSPS) is 10.9. The van der Waals surface area contributed by atoms with E-state index in [1.165, 1.54) is 18.2 Å². The fraction of sp³-hybridized carbons (Fsp3) is 0.167. The van der Waals surface area contributed by atoms with Crippen molar-refractivity contribution in [3.05, 3.63) is 74.8 Å². The number of nitrogens with zero attached hydrogens (tertiary/aromatic N) is 3. The average molecular weight is 409 g/mol. The lowest BCUT2D eigenvalue weighted by molar-refractivity contribution is 0.102. The van der Waals surface area contributed by atoms with Crippen molar-refractivity contribution in [1.82, 2.24) is 15.0 Å². The van der Waals surface area contributed by atoms with E-state index in [9.17, 15) is 9.18 Å². The zero-order valence-electron chi connectivity index (χ0n) is 14.2. The number of nitrogens with one attached hydrogen (secondary N) is 1. The Hall–Kier alpha value is -2.48. The number of carbonyl (C=O) groups is 1. The van der Waals surface area contributed by atoms with E-state index < -0.39 is 18.3 Å². The predicted molar refractivity (Wildman–Crippen MR) is 101 cm³/mol. The van der Waals surface area contributed by atoms with Gasteiger partial charge >= 0.3 is 0 Å². The Bertz CT molecular complexity index is 1010. The fourth-order valence-corrected chi connectivity index (χ4v) is 2.82. The van der Waals surface area contributed by atoms with Gasteiger partial charge in [0.25, 0.3) is 5.91 Å². The molecule has 6 nitrogen and oxygen atoms in total. The molecule has 140 valence electrons. The second-order valence-corrected chi connectivity index (χ2v) is 6.66. The molecule has 27 heavy (non-hydrogen) atoms. The van der Waals surface area contributed by atoms with E-state index in [0.29, 0.717) is 28.0 Å².